The first kappa shape index (κ1) is 10.7. The molecule has 0 atom stereocenters. The van der Waals surface area contributed by atoms with Crippen LogP contribution in [0.5, 0.6) is 0 Å². The third-order valence-corrected chi connectivity index (χ3v) is 7.06. The van der Waals surface area contributed by atoms with E-state index >= 15 is 0 Å². The van der Waals surface area contributed by atoms with E-state index in [2.05, 4.69) is 13.1 Å². The van der Waals surface area contributed by atoms with Gasteiger partial charge in [-0.25, -0.2) is 0 Å². The van der Waals surface area contributed by atoms with Gasteiger partial charge in [0.2, 0.25) is 11.8 Å². The fraction of sp³-hybridized carbons (Fsp3) is 0.800. The van der Waals surface area contributed by atoms with E-state index in [-0.39, 0.29) is 11.8 Å². The highest BCUT2D eigenvalue weighted by Gasteiger charge is 2.44. The van der Waals surface area contributed by atoms with Crippen molar-refractivity contribution in [3.63, 3.8) is 0 Å². The number of amides is 2. The van der Waals surface area contributed by atoms with Crippen molar-refractivity contribution in [2.24, 2.45) is 0 Å². The minimum atomic E-state index is -2.00. The van der Waals surface area contributed by atoms with Crippen molar-refractivity contribution in [2.45, 2.75) is 38.8 Å². The number of nitrogens with zero attached hydrogens (tertiary/aromatic N) is 2. The molecule has 0 aromatic rings. The Morgan fingerprint density at radius 3 is 1.60 bits per heavy atom. The molecule has 84 valence electrons. The summed E-state index contributed by atoms with van der Waals surface area (Å²) in [4.78, 5) is 23.4. The van der Waals surface area contributed by atoms with Crippen molar-refractivity contribution in [2.75, 3.05) is 13.1 Å². The summed E-state index contributed by atoms with van der Waals surface area (Å²) >= 11 is 0. The minimum Gasteiger partial charge on any atom is -0.352 e. The molecule has 2 rings (SSSR count). The second-order valence-electron chi connectivity index (χ2n) is 4.79. The lowest BCUT2D eigenvalue weighted by atomic mass is 10.4. The molecule has 0 radical (unpaired) electrons. The highest BCUT2D eigenvalue weighted by Crippen LogP contribution is 2.26. The van der Waals surface area contributed by atoms with Gasteiger partial charge >= 0.3 is 0 Å². The third kappa shape index (κ3) is 1.69. The lowest BCUT2D eigenvalue weighted by molar-refractivity contribution is -0.126. The molecule has 0 bridgehead atoms. The molecule has 15 heavy (non-hydrogen) atoms. The minimum absolute atomic E-state index is 0.242. The molecule has 5 heteroatoms. The van der Waals surface area contributed by atoms with E-state index in [1.54, 1.807) is 0 Å². The number of hydrogen-bond acceptors (Lipinski definition) is 2. The number of carbonyl (C=O) groups is 2. The van der Waals surface area contributed by atoms with Gasteiger partial charge in [-0.15, -0.1) is 0 Å². The van der Waals surface area contributed by atoms with Crippen LogP contribution in [-0.2, 0) is 9.59 Å². The van der Waals surface area contributed by atoms with Crippen molar-refractivity contribution in [1.82, 2.24) is 9.13 Å². The third-order valence-electron chi connectivity index (χ3n) is 3.47. The molecule has 2 heterocycles. The molecule has 0 aromatic heterocycles. The zero-order valence-electron chi connectivity index (χ0n) is 9.45. The summed E-state index contributed by atoms with van der Waals surface area (Å²) in [6.07, 6.45) is 3.24. The molecule has 0 unspecified atom stereocenters. The van der Waals surface area contributed by atoms with E-state index in [0.29, 0.717) is 12.8 Å². The van der Waals surface area contributed by atoms with Crippen LogP contribution in [0.15, 0.2) is 0 Å². The summed E-state index contributed by atoms with van der Waals surface area (Å²) < 4.78 is 3.96. The lowest BCUT2D eigenvalue weighted by Crippen LogP contribution is -2.62. The fourth-order valence-electron chi connectivity index (χ4n) is 2.60. The molecule has 0 spiro atoms. The van der Waals surface area contributed by atoms with E-state index in [1.807, 2.05) is 9.13 Å². The summed E-state index contributed by atoms with van der Waals surface area (Å²) in [5.41, 5.74) is 0. The Bertz CT molecular complexity index is 276. The Kier molecular flexibility index (Phi) is 2.58. The number of carbonyl (C=O) groups excluding carboxylic acids is 2. The van der Waals surface area contributed by atoms with Crippen LogP contribution in [0, 0.1) is 0 Å². The fourth-order valence-corrected chi connectivity index (χ4v) is 5.75. The van der Waals surface area contributed by atoms with Crippen LogP contribution in [0.4, 0.5) is 0 Å². The second-order valence-corrected chi connectivity index (χ2v) is 8.86. The SMILES string of the molecule is C[Si](C)(N1CCCC1=O)N1CCCC1=O. The summed E-state index contributed by atoms with van der Waals surface area (Å²) in [5, 5.41) is 0. The summed E-state index contributed by atoms with van der Waals surface area (Å²) in [7, 11) is -2.00. The van der Waals surface area contributed by atoms with E-state index in [0.717, 1.165) is 25.9 Å². The highest BCUT2D eigenvalue weighted by molar-refractivity contribution is 6.76. The van der Waals surface area contributed by atoms with Crippen LogP contribution in [0.25, 0.3) is 0 Å². The van der Waals surface area contributed by atoms with E-state index in [1.165, 1.54) is 0 Å². The van der Waals surface area contributed by atoms with Gasteiger partial charge in [0.1, 0.15) is 0 Å². The molecule has 2 saturated heterocycles. The zero-order chi connectivity index (χ0) is 11.1. The van der Waals surface area contributed by atoms with Crippen LogP contribution in [0.1, 0.15) is 25.7 Å². The monoisotopic (exact) mass is 226 g/mol. The molecular formula is C10H18N2O2Si. The van der Waals surface area contributed by atoms with Crippen molar-refractivity contribution in [3.8, 4) is 0 Å². The Balaban J connectivity index is 2.17. The average Bonchev–Trinajstić information content (AvgIpc) is 2.73. The Labute approximate surface area is 91.4 Å². The lowest BCUT2D eigenvalue weighted by Gasteiger charge is -2.40. The summed E-state index contributed by atoms with van der Waals surface area (Å²) in [6.45, 7) is 5.92. The van der Waals surface area contributed by atoms with Crippen LogP contribution in [0.2, 0.25) is 13.1 Å². The van der Waals surface area contributed by atoms with Crippen LogP contribution in [0.3, 0.4) is 0 Å². The summed E-state index contributed by atoms with van der Waals surface area (Å²) in [5.74, 6) is 0.484. The van der Waals surface area contributed by atoms with Gasteiger partial charge in [0.05, 0.1) is 0 Å². The van der Waals surface area contributed by atoms with Gasteiger partial charge in [0, 0.05) is 25.9 Å². The molecule has 4 nitrogen and oxygen atoms in total. The molecule has 0 saturated carbocycles. The highest BCUT2D eigenvalue weighted by atomic mass is 28.3. The Morgan fingerprint density at radius 1 is 0.933 bits per heavy atom. The maximum atomic E-state index is 11.7. The molecule has 0 aliphatic carbocycles. The smallest absolute Gasteiger partial charge is 0.262 e. The first-order valence-electron chi connectivity index (χ1n) is 5.64. The van der Waals surface area contributed by atoms with Crippen LogP contribution >= 0.6 is 0 Å². The maximum absolute atomic E-state index is 11.7. The normalized spacial score (nSPS) is 23.1. The van der Waals surface area contributed by atoms with Gasteiger partial charge < -0.3 is 9.13 Å². The van der Waals surface area contributed by atoms with Crippen molar-refractivity contribution >= 4 is 20.2 Å². The van der Waals surface area contributed by atoms with Crippen LogP contribution < -0.4 is 0 Å². The van der Waals surface area contributed by atoms with Gasteiger partial charge in [0.15, 0.2) is 0 Å². The van der Waals surface area contributed by atoms with Crippen molar-refractivity contribution in [1.29, 1.82) is 0 Å². The molecule has 2 aliphatic rings. The predicted octanol–water partition coefficient (Wildman–Crippen LogP) is 0.933. The Morgan fingerprint density at radius 2 is 1.33 bits per heavy atom. The zero-order valence-corrected chi connectivity index (χ0v) is 10.5. The van der Waals surface area contributed by atoms with Gasteiger partial charge in [-0.05, 0) is 25.9 Å². The second kappa shape index (κ2) is 3.63. The predicted molar refractivity (Wildman–Crippen MR) is 59.4 cm³/mol. The number of hydrogen-bond donors (Lipinski definition) is 0. The largest absolute Gasteiger partial charge is 0.352 e. The van der Waals surface area contributed by atoms with E-state index in [9.17, 15) is 9.59 Å². The molecule has 0 aromatic carbocycles. The first-order chi connectivity index (χ1) is 7.03. The quantitative estimate of drug-likeness (QED) is 0.657. The molecular weight excluding hydrogens is 208 g/mol. The van der Waals surface area contributed by atoms with E-state index < -0.39 is 8.40 Å². The van der Waals surface area contributed by atoms with Gasteiger partial charge in [-0.3, -0.25) is 9.59 Å². The van der Waals surface area contributed by atoms with Crippen molar-refractivity contribution < 1.29 is 9.59 Å². The molecule has 2 amide bonds. The van der Waals surface area contributed by atoms with Gasteiger partial charge in [-0.2, -0.15) is 0 Å². The number of rotatable bonds is 2. The van der Waals surface area contributed by atoms with Gasteiger partial charge in [0.25, 0.3) is 8.40 Å². The topological polar surface area (TPSA) is 40.6 Å². The molecule has 2 fully saturated rings. The summed E-state index contributed by atoms with van der Waals surface area (Å²) in [6, 6.07) is 0. The first-order valence-corrected chi connectivity index (χ1v) is 8.54. The Hall–Kier alpha value is -0.843. The van der Waals surface area contributed by atoms with E-state index in [4.69, 9.17) is 0 Å². The molecule has 0 N–H and O–H groups in total. The standard InChI is InChI=1S/C10H18N2O2Si/c1-15(2,11-7-3-5-9(11)13)12-8-4-6-10(12)14/h3-8H2,1-2H3. The molecule has 2 aliphatic heterocycles. The van der Waals surface area contributed by atoms with Gasteiger partial charge in [-0.1, -0.05) is 0 Å². The maximum Gasteiger partial charge on any atom is 0.262 e. The van der Waals surface area contributed by atoms with Crippen molar-refractivity contribution in [3.05, 3.63) is 0 Å². The average molecular weight is 226 g/mol. The van der Waals surface area contributed by atoms with Crippen LogP contribution in [-0.4, -0.2) is 42.4 Å².